The summed E-state index contributed by atoms with van der Waals surface area (Å²) in [6.07, 6.45) is 3.96. The first-order valence-electron chi connectivity index (χ1n) is 5.95. The van der Waals surface area contributed by atoms with Crippen molar-refractivity contribution in [2.45, 2.75) is 45.1 Å². The van der Waals surface area contributed by atoms with Gasteiger partial charge in [-0.1, -0.05) is 19.8 Å². The van der Waals surface area contributed by atoms with E-state index in [9.17, 15) is 13.2 Å². The Kier molecular flexibility index (Phi) is 4.92. The van der Waals surface area contributed by atoms with Crippen molar-refractivity contribution in [3.05, 3.63) is 0 Å². The number of hydrogen-bond donors (Lipinski definition) is 1. The summed E-state index contributed by atoms with van der Waals surface area (Å²) >= 11 is 0. The molecule has 0 aromatic rings. The first-order chi connectivity index (χ1) is 7.46. The van der Waals surface area contributed by atoms with Gasteiger partial charge in [0, 0.05) is 24.1 Å². The van der Waals surface area contributed by atoms with E-state index in [-0.39, 0.29) is 35.7 Å². The lowest BCUT2D eigenvalue weighted by Gasteiger charge is -2.27. The van der Waals surface area contributed by atoms with Crippen molar-refractivity contribution in [1.29, 1.82) is 0 Å². The third-order valence-corrected chi connectivity index (χ3v) is 5.04. The van der Waals surface area contributed by atoms with Crippen LogP contribution in [0.25, 0.3) is 0 Å². The van der Waals surface area contributed by atoms with Gasteiger partial charge >= 0.3 is 0 Å². The van der Waals surface area contributed by atoms with E-state index in [4.69, 9.17) is 5.73 Å². The Bertz CT molecular complexity index is 337. The Balaban J connectivity index is 2.46. The van der Waals surface area contributed by atoms with Crippen LogP contribution in [0.2, 0.25) is 0 Å². The summed E-state index contributed by atoms with van der Waals surface area (Å²) in [6.45, 7) is 1.60. The Labute approximate surface area is 97.5 Å². The summed E-state index contributed by atoms with van der Waals surface area (Å²) in [5.74, 6) is 0.00719. The summed E-state index contributed by atoms with van der Waals surface area (Å²) in [4.78, 5) is 11.8. The highest BCUT2D eigenvalue weighted by Gasteiger charge is 2.28. The summed E-state index contributed by atoms with van der Waals surface area (Å²) in [6, 6.07) is -0.0643. The van der Waals surface area contributed by atoms with Gasteiger partial charge in [-0.2, -0.15) is 0 Å². The predicted octanol–water partition coefficient (Wildman–Crippen LogP) is 0.898. The zero-order valence-corrected chi connectivity index (χ0v) is 10.6. The average molecular weight is 247 g/mol. The van der Waals surface area contributed by atoms with E-state index in [1.165, 1.54) is 0 Å². The van der Waals surface area contributed by atoms with Gasteiger partial charge in [0.25, 0.3) is 0 Å². The molecule has 16 heavy (non-hydrogen) atoms. The molecule has 2 N–H and O–H groups in total. The number of carbonyl (C=O) groups excluding carboxylic acids is 1. The van der Waals surface area contributed by atoms with E-state index in [0.717, 1.165) is 25.7 Å². The highest BCUT2D eigenvalue weighted by Crippen LogP contribution is 2.24. The topological polar surface area (TPSA) is 77.2 Å². The lowest BCUT2D eigenvalue weighted by molar-refractivity contribution is -0.123. The van der Waals surface area contributed by atoms with Gasteiger partial charge < -0.3 is 5.73 Å². The molecule has 1 rings (SSSR count). The van der Waals surface area contributed by atoms with Crippen LogP contribution in [0.3, 0.4) is 0 Å². The van der Waals surface area contributed by atoms with Crippen molar-refractivity contribution in [2.24, 2.45) is 11.7 Å². The third kappa shape index (κ3) is 3.87. The monoisotopic (exact) mass is 247 g/mol. The zero-order chi connectivity index (χ0) is 12.2. The number of sulfone groups is 1. The van der Waals surface area contributed by atoms with Crippen molar-refractivity contribution in [3.63, 3.8) is 0 Å². The van der Waals surface area contributed by atoms with E-state index in [1.807, 2.05) is 0 Å². The van der Waals surface area contributed by atoms with Crippen LogP contribution in [-0.4, -0.2) is 31.7 Å². The van der Waals surface area contributed by atoms with Crippen LogP contribution >= 0.6 is 0 Å². The fourth-order valence-electron chi connectivity index (χ4n) is 2.15. The second-order valence-corrected chi connectivity index (χ2v) is 6.98. The molecule has 2 atom stereocenters. The molecular formula is C11H21NO3S. The average Bonchev–Trinajstić information content (AvgIpc) is 2.27. The number of rotatable bonds is 5. The fourth-order valence-corrected chi connectivity index (χ4v) is 2.95. The van der Waals surface area contributed by atoms with Crippen LogP contribution in [0, 0.1) is 5.92 Å². The minimum absolute atomic E-state index is 0.0223. The Morgan fingerprint density at radius 2 is 1.94 bits per heavy atom. The van der Waals surface area contributed by atoms with Crippen LogP contribution in [0.4, 0.5) is 0 Å². The number of carbonyl (C=O) groups is 1. The number of Topliss-reactive ketones (excluding diaryl/α,β-unsaturated/α-hetero) is 1. The molecule has 1 aliphatic carbocycles. The van der Waals surface area contributed by atoms with Crippen molar-refractivity contribution in [3.8, 4) is 0 Å². The van der Waals surface area contributed by atoms with E-state index < -0.39 is 9.84 Å². The summed E-state index contributed by atoms with van der Waals surface area (Å²) in [5, 5.41) is 0. The SMILES string of the molecule is CCS(=O)(=O)CCC(=O)C1CCCCC1N. The summed E-state index contributed by atoms with van der Waals surface area (Å²) in [5.41, 5.74) is 5.88. The second kappa shape index (κ2) is 5.77. The summed E-state index contributed by atoms with van der Waals surface area (Å²) in [7, 11) is -3.03. The Morgan fingerprint density at radius 3 is 2.50 bits per heavy atom. The first-order valence-corrected chi connectivity index (χ1v) is 7.77. The smallest absolute Gasteiger partial charge is 0.150 e. The van der Waals surface area contributed by atoms with Gasteiger partial charge in [0.1, 0.15) is 15.6 Å². The quantitative estimate of drug-likeness (QED) is 0.783. The van der Waals surface area contributed by atoms with Gasteiger partial charge in [0.05, 0.1) is 5.75 Å². The maximum Gasteiger partial charge on any atom is 0.150 e. The molecule has 5 heteroatoms. The Morgan fingerprint density at radius 1 is 1.31 bits per heavy atom. The van der Waals surface area contributed by atoms with Crippen molar-refractivity contribution in [1.82, 2.24) is 0 Å². The molecule has 0 spiro atoms. The zero-order valence-electron chi connectivity index (χ0n) is 9.81. The van der Waals surface area contributed by atoms with E-state index in [2.05, 4.69) is 0 Å². The maximum atomic E-state index is 11.8. The van der Waals surface area contributed by atoms with Crippen molar-refractivity contribution in [2.75, 3.05) is 11.5 Å². The molecule has 0 saturated heterocycles. The molecule has 94 valence electrons. The van der Waals surface area contributed by atoms with E-state index >= 15 is 0 Å². The molecule has 4 nitrogen and oxygen atoms in total. The van der Waals surface area contributed by atoms with Crippen LogP contribution in [-0.2, 0) is 14.6 Å². The molecule has 0 amide bonds. The molecule has 0 aromatic heterocycles. The lowest BCUT2D eigenvalue weighted by atomic mass is 9.81. The molecular weight excluding hydrogens is 226 g/mol. The molecule has 0 aliphatic heterocycles. The van der Waals surface area contributed by atoms with Crippen molar-refractivity contribution < 1.29 is 13.2 Å². The molecule has 1 aliphatic rings. The van der Waals surface area contributed by atoms with Gasteiger partial charge in [-0.05, 0) is 12.8 Å². The third-order valence-electron chi connectivity index (χ3n) is 3.33. The van der Waals surface area contributed by atoms with Gasteiger partial charge in [-0.25, -0.2) is 8.42 Å². The maximum absolute atomic E-state index is 11.8. The van der Waals surface area contributed by atoms with Crippen LogP contribution in [0.1, 0.15) is 39.0 Å². The highest BCUT2D eigenvalue weighted by molar-refractivity contribution is 7.91. The van der Waals surface area contributed by atoms with Gasteiger partial charge in [0.15, 0.2) is 0 Å². The molecule has 0 radical (unpaired) electrons. The molecule has 1 saturated carbocycles. The number of ketones is 1. The molecule has 0 aromatic carbocycles. The molecule has 2 unspecified atom stereocenters. The predicted molar refractivity (Wildman–Crippen MR) is 63.9 cm³/mol. The Hall–Kier alpha value is -0.420. The van der Waals surface area contributed by atoms with Gasteiger partial charge in [-0.3, -0.25) is 4.79 Å². The van der Waals surface area contributed by atoms with E-state index in [0.29, 0.717) is 0 Å². The normalized spacial score (nSPS) is 26.6. The van der Waals surface area contributed by atoms with E-state index in [1.54, 1.807) is 6.92 Å². The minimum Gasteiger partial charge on any atom is -0.327 e. The number of hydrogen-bond acceptors (Lipinski definition) is 4. The molecule has 0 bridgehead atoms. The molecule has 1 fully saturated rings. The summed E-state index contributed by atoms with van der Waals surface area (Å²) < 4.78 is 22.6. The first kappa shape index (κ1) is 13.6. The van der Waals surface area contributed by atoms with Crippen LogP contribution < -0.4 is 5.73 Å². The standard InChI is InChI=1S/C11H21NO3S/c1-2-16(14,15)8-7-11(13)9-5-3-4-6-10(9)12/h9-10H,2-8,12H2,1H3. The van der Waals surface area contributed by atoms with Crippen LogP contribution in [0.5, 0.6) is 0 Å². The largest absolute Gasteiger partial charge is 0.327 e. The highest BCUT2D eigenvalue weighted by atomic mass is 32.2. The van der Waals surface area contributed by atoms with Crippen LogP contribution in [0.15, 0.2) is 0 Å². The minimum atomic E-state index is -3.03. The number of nitrogens with two attached hydrogens (primary N) is 1. The lowest BCUT2D eigenvalue weighted by Crippen LogP contribution is -2.38. The fraction of sp³-hybridized carbons (Fsp3) is 0.909. The van der Waals surface area contributed by atoms with Gasteiger partial charge in [0.2, 0.25) is 0 Å². The second-order valence-electron chi connectivity index (χ2n) is 4.51. The molecule has 0 heterocycles. The van der Waals surface area contributed by atoms with Gasteiger partial charge in [-0.15, -0.1) is 0 Å². The van der Waals surface area contributed by atoms with Crippen molar-refractivity contribution >= 4 is 15.6 Å².